The van der Waals surface area contributed by atoms with Crippen molar-refractivity contribution in [3.8, 4) is 0 Å². The molecular weight excluding hydrogens is 266 g/mol. The van der Waals surface area contributed by atoms with Gasteiger partial charge in [-0.25, -0.2) is 4.79 Å². The zero-order chi connectivity index (χ0) is 15.4. The van der Waals surface area contributed by atoms with Gasteiger partial charge in [0.2, 0.25) is 5.91 Å². The smallest absolute Gasteiger partial charge is 0.329 e. The lowest BCUT2D eigenvalue weighted by atomic mass is 9.49. The van der Waals surface area contributed by atoms with Crippen LogP contribution in [0, 0.1) is 23.2 Å². The van der Waals surface area contributed by atoms with Crippen LogP contribution in [0.5, 0.6) is 0 Å². The number of aliphatic carboxylic acids is 1. The molecule has 4 heteroatoms. The Kier molecular flexibility index (Phi) is 3.34. The van der Waals surface area contributed by atoms with E-state index < -0.39 is 11.5 Å². The standard InChI is InChI=1S/C17H27NO3/c1-16(2,15(20)21)18(3)14(19)10-17-7-11-4-12(8-17)6-13(5-11)9-17/h11-13H,4-10H2,1-3H3,(H,20,21). The average Bonchev–Trinajstić information content (AvgIpc) is 2.35. The highest BCUT2D eigenvalue weighted by atomic mass is 16.4. The molecule has 0 atom stereocenters. The molecule has 4 saturated carbocycles. The van der Waals surface area contributed by atoms with Gasteiger partial charge in [-0.2, -0.15) is 0 Å². The maximum absolute atomic E-state index is 12.6. The maximum atomic E-state index is 12.6. The van der Waals surface area contributed by atoms with Crippen molar-refractivity contribution in [3.05, 3.63) is 0 Å². The van der Waals surface area contributed by atoms with E-state index in [1.165, 1.54) is 43.4 Å². The summed E-state index contributed by atoms with van der Waals surface area (Å²) in [4.78, 5) is 25.4. The van der Waals surface area contributed by atoms with Crippen molar-refractivity contribution < 1.29 is 14.7 Å². The van der Waals surface area contributed by atoms with Crippen molar-refractivity contribution in [2.75, 3.05) is 7.05 Å². The second kappa shape index (κ2) is 4.72. The third-order valence-electron chi connectivity index (χ3n) is 6.43. The highest BCUT2D eigenvalue weighted by Gasteiger charge is 2.52. The number of nitrogens with zero attached hydrogens (tertiary/aromatic N) is 1. The van der Waals surface area contributed by atoms with Crippen LogP contribution in [0.15, 0.2) is 0 Å². The van der Waals surface area contributed by atoms with Gasteiger partial charge in [0.1, 0.15) is 5.54 Å². The minimum absolute atomic E-state index is 0.00403. The van der Waals surface area contributed by atoms with Gasteiger partial charge >= 0.3 is 5.97 Å². The Morgan fingerprint density at radius 3 is 1.90 bits per heavy atom. The molecular formula is C17H27NO3. The van der Waals surface area contributed by atoms with Crippen LogP contribution in [0.3, 0.4) is 0 Å². The lowest BCUT2D eigenvalue weighted by Gasteiger charge is -2.57. The normalized spacial score (nSPS) is 37.6. The quantitative estimate of drug-likeness (QED) is 0.867. The van der Waals surface area contributed by atoms with Crippen molar-refractivity contribution in [2.45, 2.75) is 64.3 Å². The Labute approximate surface area is 126 Å². The number of hydrogen-bond donors (Lipinski definition) is 1. The van der Waals surface area contributed by atoms with Crippen LogP contribution in [0.4, 0.5) is 0 Å². The summed E-state index contributed by atoms with van der Waals surface area (Å²) in [7, 11) is 1.64. The van der Waals surface area contributed by atoms with E-state index in [1.54, 1.807) is 20.9 Å². The fraction of sp³-hybridized carbons (Fsp3) is 0.882. The van der Waals surface area contributed by atoms with E-state index in [0.29, 0.717) is 6.42 Å². The van der Waals surface area contributed by atoms with Crippen molar-refractivity contribution in [2.24, 2.45) is 23.2 Å². The van der Waals surface area contributed by atoms with Crippen molar-refractivity contribution in [3.63, 3.8) is 0 Å². The summed E-state index contributed by atoms with van der Waals surface area (Å²) >= 11 is 0. The molecule has 0 spiro atoms. The van der Waals surface area contributed by atoms with Crippen molar-refractivity contribution in [1.29, 1.82) is 0 Å². The van der Waals surface area contributed by atoms with E-state index in [4.69, 9.17) is 0 Å². The van der Waals surface area contributed by atoms with Crippen LogP contribution >= 0.6 is 0 Å². The number of carboxylic acid groups (broad SMARTS) is 1. The molecule has 4 rings (SSSR count). The summed E-state index contributed by atoms with van der Waals surface area (Å²) in [6.45, 7) is 3.21. The van der Waals surface area contributed by atoms with Gasteiger partial charge in [-0.3, -0.25) is 4.79 Å². The Morgan fingerprint density at radius 2 is 1.52 bits per heavy atom. The number of amides is 1. The van der Waals surface area contributed by atoms with Gasteiger partial charge in [0.25, 0.3) is 0 Å². The molecule has 0 saturated heterocycles. The van der Waals surface area contributed by atoms with Gasteiger partial charge in [-0.15, -0.1) is 0 Å². The lowest BCUT2D eigenvalue weighted by Crippen LogP contribution is -2.53. The van der Waals surface area contributed by atoms with Crippen LogP contribution in [-0.4, -0.2) is 34.5 Å². The predicted octanol–water partition coefficient (Wildman–Crippen LogP) is 2.91. The summed E-state index contributed by atoms with van der Waals surface area (Å²) in [5.74, 6) is 1.53. The van der Waals surface area contributed by atoms with Gasteiger partial charge in [0.15, 0.2) is 0 Å². The van der Waals surface area contributed by atoms with Gasteiger partial charge in [0.05, 0.1) is 0 Å². The van der Waals surface area contributed by atoms with Gasteiger partial charge in [-0.1, -0.05) is 0 Å². The Bertz CT molecular complexity index is 433. The molecule has 4 bridgehead atoms. The summed E-state index contributed by atoms with van der Waals surface area (Å²) < 4.78 is 0. The third-order valence-corrected chi connectivity index (χ3v) is 6.43. The van der Waals surface area contributed by atoms with E-state index in [2.05, 4.69) is 0 Å². The van der Waals surface area contributed by atoms with Crippen LogP contribution < -0.4 is 0 Å². The Morgan fingerprint density at radius 1 is 1.10 bits per heavy atom. The van der Waals surface area contributed by atoms with E-state index in [9.17, 15) is 14.7 Å². The van der Waals surface area contributed by atoms with E-state index in [1.807, 2.05) is 0 Å². The summed E-state index contributed by atoms with van der Waals surface area (Å²) in [6, 6.07) is 0. The van der Waals surface area contributed by atoms with Crippen molar-refractivity contribution >= 4 is 11.9 Å². The minimum atomic E-state index is -1.13. The number of carboxylic acids is 1. The summed E-state index contributed by atoms with van der Waals surface area (Å²) in [5, 5.41) is 9.30. The van der Waals surface area contributed by atoms with Gasteiger partial charge < -0.3 is 10.0 Å². The summed E-state index contributed by atoms with van der Waals surface area (Å²) in [6.07, 6.45) is 8.20. The van der Waals surface area contributed by atoms with Crippen LogP contribution in [0.25, 0.3) is 0 Å². The van der Waals surface area contributed by atoms with Crippen LogP contribution in [0.1, 0.15) is 58.8 Å². The largest absolute Gasteiger partial charge is 0.480 e. The lowest BCUT2D eigenvalue weighted by molar-refractivity contribution is -0.158. The molecule has 1 amide bonds. The Balaban J connectivity index is 1.72. The molecule has 118 valence electrons. The molecule has 1 N–H and O–H groups in total. The zero-order valence-electron chi connectivity index (χ0n) is 13.4. The fourth-order valence-electron chi connectivity index (χ4n) is 5.40. The monoisotopic (exact) mass is 293 g/mol. The molecule has 21 heavy (non-hydrogen) atoms. The Hall–Kier alpha value is -1.06. The number of carbonyl (C=O) groups excluding carboxylic acids is 1. The first kappa shape index (κ1) is 14.9. The SMILES string of the molecule is CN(C(=O)CC12CC3CC(CC(C3)C1)C2)C(C)(C)C(=O)O. The summed E-state index contributed by atoms with van der Waals surface area (Å²) in [5.41, 5.74) is -0.950. The minimum Gasteiger partial charge on any atom is -0.480 e. The molecule has 0 aliphatic heterocycles. The van der Waals surface area contributed by atoms with Crippen LogP contribution in [0.2, 0.25) is 0 Å². The van der Waals surface area contributed by atoms with Gasteiger partial charge in [0, 0.05) is 13.5 Å². The fourth-order valence-corrected chi connectivity index (χ4v) is 5.40. The molecule has 0 aromatic carbocycles. The first-order chi connectivity index (χ1) is 9.72. The highest BCUT2D eigenvalue weighted by molar-refractivity contribution is 5.86. The average molecular weight is 293 g/mol. The molecule has 4 aliphatic rings. The second-order valence-corrected chi connectivity index (χ2v) is 8.41. The molecule has 0 radical (unpaired) electrons. The second-order valence-electron chi connectivity index (χ2n) is 8.41. The topological polar surface area (TPSA) is 57.6 Å². The molecule has 0 unspecified atom stereocenters. The third kappa shape index (κ3) is 2.47. The maximum Gasteiger partial charge on any atom is 0.329 e. The number of hydrogen-bond acceptors (Lipinski definition) is 2. The number of likely N-dealkylation sites (N-methyl/N-ethyl adjacent to an activating group) is 1. The molecule has 0 aromatic rings. The first-order valence-corrected chi connectivity index (χ1v) is 8.22. The molecule has 4 fully saturated rings. The first-order valence-electron chi connectivity index (χ1n) is 8.22. The number of rotatable bonds is 4. The molecule has 4 aliphatic carbocycles. The van der Waals surface area contributed by atoms with E-state index >= 15 is 0 Å². The van der Waals surface area contributed by atoms with Crippen molar-refractivity contribution in [1.82, 2.24) is 4.90 Å². The molecule has 4 nitrogen and oxygen atoms in total. The van der Waals surface area contributed by atoms with E-state index in [0.717, 1.165) is 17.8 Å². The predicted molar refractivity (Wildman–Crippen MR) is 79.7 cm³/mol. The van der Waals surface area contributed by atoms with Crippen LogP contribution in [-0.2, 0) is 9.59 Å². The van der Waals surface area contributed by atoms with E-state index in [-0.39, 0.29) is 11.3 Å². The molecule has 0 aromatic heterocycles. The zero-order valence-corrected chi connectivity index (χ0v) is 13.4. The van der Waals surface area contributed by atoms with Gasteiger partial charge in [-0.05, 0) is 75.5 Å². The highest BCUT2D eigenvalue weighted by Crippen LogP contribution is 2.61. The molecule has 0 heterocycles. The number of carbonyl (C=O) groups is 2.